The highest BCUT2D eigenvalue weighted by molar-refractivity contribution is 5.54. The van der Waals surface area contributed by atoms with Crippen LogP contribution in [0.3, 0.4) is 0 Å². The SMILES string of the molecule is C1=CCC(C2=CCC3OC4=C(C=CCC4)C3=C2)C=C1. The van der Waals surface area contributed by atoms with Crippen LogP contribution in [0.15, 0.2) is 71.1 Å². The predicted molar refractivity (Wildman–Crippen MR) is 77.4 cm³/mol. The first-order valence-electron chi connectivity index (χ1n) is 7.23. The van der Waals surface area contributed by atoms with E-state index in [9.17, 15) is 0 Å². The van der Waals surface area contributed by atoms with Crippen molar-refractivity contribution in [2.75, 3.05) is 0 Å². The zero-order valence-corrected chi connectivity index (χ0v) is 11.0. The first kappa shape index (κ1) is 11.1. The zero-order valence-electron chi connectivity index (χ0n) is 11.0. The van der Waals surface area contributed by atoms with Gasteiger partial charge in [-0.3, -0.25) is 0 Å². The molecule has 0 spiro atoms. The normalized spacial score (nSPS) is 31.6. The van der Waals surface area contributed by atoms with Gasteiger partial charge in [0.05, 0.1) is 0 Å². The number of ether oxygens (including phenoxy) is 1. The van der Waals surface area contributed by atoms with Crippen LogP contribution in [0.2, 0.25) is 0 Å². The van der Waals surface area contributed by atoms with Gasteiger partial charge in [-0.2, -0.15) is 0 Å². The Balaban J connectivity index is 1.66. The first-order valence-corrected chi connectivity index (χ1v) is 7.23. The van der Waals surface area contributed by atoms with Crippen molar-refractivity contribution in [1.29, 1.82) is 0 Å². The van der Waals surface area contributed by atoms with Crippen LogP contribution >= 0.6 is 0 Å². The molecule has 2 unspecified atom stereocenters. The predicted octanol–water partition coefficient (Wildman–Crippen LogP) is 4.38. The highest BCUT2D eigenvalue weighted by Crippen LogP contribution is 2.42. The van der Waals surface area contributed by atoms with Gasteiger partial charge in [-0.25, -0.2) is 0 Å². The quantitative estimate of drug-likeness (QED) is 0.671. The summed E-state index contributed by atoms with van der Waals surface area (Å²) >= 11 is 0. The molecule has 1 aliphatic heterocycles. The summed E-state index contributed by atoms with van der Waals surface area (Å²) in [6.45, 7) is 0. The molecule has 96 valence electrons. The molecule has 0 bridgehead atoms. The van der Waals surface area contributed by atoms with Crippen LogP contribution in [-0.4, -0.2) is 6.10 Å². The zero-order chi connectivity index (χ0) is 12.7. The summed E-state index contributed by atoms with van der Waals surface area (Å²) in [4.78, 5) is 0. The standard InChI is InChI=1S/C18H18O/c1-2-6-13(7-3-1)14-10-11-18-16(12-14)15-8-4-5-9-17(15)19-18/h1-4,6,8,10,12-13,18H,5,7,9,11H2. The Bertz CT molecular complexity index is 581. The Morgan fingerprint density at radius 1 is 1.11 bits per heavy atom. The largest absolute Gasteiger partial charge is 0.489 e. The van der Waals surface area contributed by atoms with E-state index in [0.29, 0.717) is 5.92 Å². The molecule has 0 amide bonds. The summed E-state index contributed by atoms with van der Waals surface area (Å²) in [5.41, 5.74) is 4.23. The molecular formula is C18H18O. The summed E-state index contributed by atoms with van der Waals surface area (Å²) in [5.74, 6) is 1.77. The fourth-order valence-electron chi connectivity index (χ4n) is 3.35. The number of rotatable bonds is 1. The molecule has 1 heteroatoms. The summed E-state index contributed by atoms with van der Waals surface area (Å²) in [5, 5.41) is 0. The molecule has 0 N–H and O–H groups in total. The Morgan fingerprint density at radius 3 is 3.00 bits per heavy atom. The van der Waals surface area contributed by atoms with Crippen molar-refractivity contribution in [1.82, 2.24) is 0 Å². The number of hydrogen-bond acceptors (Lipinski definition) is 1. The van der Waals surface area contributed by atoms with Gasteiger partial charge < -0.3 is 4.74 Å². The van der Waals surface area contributed by atoms with Gasteiger partial charge in [-0.15, -0.1) is 0 Å². The van der Waals surface area contributed by atoms with E-state index in [2.05, 4.69) is 48.6 Å². The minimum absolute atomic E-state index is 0.277. The summed E-state index contributed by atoms with van der Waals surface area (Å²) in [6.07, 6.45) is 22.7. The number of fused-ring (bicyclic) bond motifs is 2. The molecule has 0 fully saturated rings. The second kappa shape index (κ2) is 4.41. The minimum atomic E-state index is 0.277. The topological polar surface area (TPSA) is 9.23 Å². The van der Waals surface area contributed by atoms with Crippen molar-refractivity contribution in [2.45, 2.75) is 31.8 Å². The van der Waals surface area contributed by atoms with E-state index in [4.69, 9.17) is 4.74 Å². The molecule has 0 saturated carbocycles. The van der Waals surface area contributed by atoms with E-state index in [1.54, 1.807) is 0 Å². The fraction of sp³-hybridized carbons (Fsp3) is 0.333. The van der Waals surface area contributed by atoms with Crippen LogP contribution < -0.4 is 0 Å². The molecule has 3 aliphatic carbocycles. The summed E-state index contributed by atoms with van der Waals surface area (Å²) < 4.78 is 6.09. The molecule has 1 heterocycles. The molecule has 19 heavy (non-hydrogen) atoms. The lowest BCUT2D eigenvalue weighted by Crippen LogP contribution is -2.14. The van der Waals surface area contributed by atoms with Gasteiger partial charge in [-0.1, -0.05) is 48.6 Å². The molecule has 2 atom stereocenters. The van der Waals surface area contributed by atoms with Crippen molar-refractivity contribution in [3.8, 4) is 0 Å². The van der Waals surface area contributed by atoms with Crippen molar-refractivity contribution in [2.24, 2.45) is 5.92 Å². The highest BCUT2D eigenvalue weighted by atomic mass is 16.5. The van der Waals surface area contributed by atoms with Crippen LogP contribution in [0.5, 0.6) is 0 Å². The third kappa shape index (κ3) is 1.85. The average molecular weight is 250 g/mol. The van der Waals surface area contributed by atoms with Gasteiger partial charge in [0.1, 0.15) is 11.9 Å². The molecule has 1 nitrogen and oxygen atoms in total. The van der Waals surface area contributed by atoms with E-state index in [1.807, 2.05) is 0 Å². The minimum Gasteiger partial charge on any atom is -0.489 e. The van der Waals surface area contributed by atoms with Gasteiger partial charge >= 0.3 is 0 Å². The maximum absolute atomic E-state index is 6.09. The average Bonchev–Trinajstić information content (AvgIpc) is 2.86. The van der Waals surface area contributed by atoms with Gasteiger partial charge in [0.2, 0.25) is 0 Å². The smallest absolute Gasteiger partial charge is 0.127 e. The van der Waals surface area contributed by atoms with Gasteiger partial charge in [0.25, 0.3) is 0 Å². The molecule has 0 radical (unpaired) electrons. The van der Waals surface area contributed by atoms with E-state index in [-0.39, 0.29) is 6.10 Å². The third-order valence-corrected chi connectivity index (χ3v) is 4.36. The third-order valence-electron chi connectivity index (χ3n) is 4.36. The second-order valence-corrected chi connectivity index (χ2v) is 5.58. The lowest BCUT2D eigenvalue weighted by molar-refractivity contribution is 0.159. The maximum atomic E-state index is 6.09. The van der Waals surface area contributed by atoms with Crippen LogP contribution in [-0.2, 0) is 4.74 Å². The molecule has 4 aliphatic rings. The van der Waals surface area contributed by atoms with Crippen LogP contribution in [0.1, 0.15) is 25.7 Å². The fourth-order valence-corrected chi connectivity index (χ4v) is 3.35. The Kier molecular flexibility index (Phi) is 2.58. The molecule has 0 aromatic rings. The Morgan fingerprint density at radius 2 is 2.11 bits per heavy atom. The van der Waals surface area contributed by atoms with Crippen molar-refractivity contribution in [3.05, 3.63) is 71.1 Å². The Hall–Kier alpha value is -1.76. The van der Waals surface area contributed by atoms with Gasteiger partial charge in [0, 0.05) is 29.9 Å². The maximum Gasteiger partial charge on any atom is 0.127 e. The van der Waals surface area contributed by atoms with Crippen LogP contribution in [0.4, 0.5) is 0 Å². The lowest BCUT2D eigenvalue weighted by atomic mass is 9.83. The molecular weight excluding hydrogens is 232 g/mol. The van der Waals surface area contributed by atoms with Crippen LogP contribution in [0.25, 0.3) is 0 Å². The summed E-state index contributed by atoms with van der Waals surface area (Å²) in [7, 11) is 0. The summed E-state index contributed by atoms with van der Waals surface area (Å²) in [6, 6.07) is 0. The van der Waals surface area contributed by atoms with Gasteiger partial charge in [0.15, 0.2) is 0 Å². The van der Waals surface area contributed by atoms with Crippen LogP contribution in [0, 0.1) is 5.92 Å². The second-order valence-electron chi connectivity index (χ2n) is 5.58. The highest BCUT2D eigenvalue weighted by Gasteiger charge is 2.32. The Labute approximate surface area is 114 Å². The number of allylic oxidation sites excluding steroid dienone is 9. The molecule has 0 aromatic carbocycles. The van der Waals surface area contributed by atoms with Gasteiger partial charge in [-0.05, 0) is 18.4 Å². The molecule has 0 saturated heterocycles. The molecule has 0 aromatic heterocycles. The monoisotopic (exact) mass is 250 g/mol. The number of hydrogen-bond donors (Lipinski definition) is 0. The van der Waals surface area contributed by atoms with Crippen molar-refractivity contribution < 1.29 is 4.74 Å². The molecule has 4 rings (SSSR count). The van der Waals surface area contributed by atoms with E-state index >= 15 is 0 Å². The van der Waals surface area contributed by atoms with E-state index in [1.165, 1.54) is 22.5 Å². The van der Waals surface area contributed by atoms with E-state index in [0.717, 1.165) is 25.7 Å². The van der Waals surface area contributed by atoms with Crippen molar-refractivity contribution >= 4 is 0 Å². The van der Waals surface area contributed by atoms with Crippen molar-refractivity contribution in [3.63, 3.8) is 0 Å². The lowest BCUT2D eigenvalue weighted by Gasteiger charge is -2.22. The van der Waals surface area contributed by atoms with E-state index < -0.39 is 0 Å². The first-order chi connectivity index (χ1) is 9.42.